The van der Waals surface area contributed by atoms with E-state index < -0.39 is 8.69 Å². The van der Waals surface area contributed by atoms with E-state index in [9.17, 15) is 4.57 Å². The molecule has 0 aromatic heterocycles. The average molecular weight is 122 g/mol. The van der Waals surface area contributed by atoms with E-state index in [4.69, 9.17) is 4.52 Å². The van der Waals surface area contributed by atoms with Gasteiger partial charge in [-0.15, -0.1) is 0 Å². The van der Waals surface area contributed by atoms with Crippen molar-refractivity contribution in [2.24, 2.45) is 0 Å². The minimum absolute atomic E-state index is 0.174. The maximum absolute atomic E-state index is 9.76. The summed E-state index contributed by atoms with van der Waals surface area (Å²) in [5.41, 5.74) is 0. The minimum atomic E-state index is -1.000. The molecular formula is C4H11O2P. The molecule has 0 spiro atoms. The predicted molar refractivity (Wildman–Crippen MR) is 31.2 cm³/mol. The number of hydrogen-bond acceptors (Lipinski definition) is 2. The molecule has 0 aromatic rings. The van der Waals surface area contributed by atoms with Gasteiger partial charge in [0.25, 0.3) is 0 Å². The molecule has 44 valence electrons. The molecule has 0 aromatic carbocycles. The van der Waals surface area contributed by atoms with Gasteiger partial charge in [-0.2, -0.15) is 0 Å². The van der Waals surface area contributed by atoms with Crippen LogP contribution >= 0.6 is 8.69 Å². The minimum Gasteiger partial charge on any atom is -0.329 e. The molecule has 2 nitrogen and oxygen atoms in total. The number of hydrogen-bond donors (Lipinski definition) is 0. The molecule has 0 saturated carbocycles. The van der Waals surface area contributed by atoms with Gasteiger partial charge in [0.05, 0.1) is 6.10 Å². The molecule has 0 fully saturated rings. The standard InChI is InChI=1S/C4H11O2P/c1-3-4(2)6-7-5/h4H,3,7H2,1-2H3. The fraction of sp³-hybridized carbons (Fsp3) is 1.00. The maximum Gasteiger partial charge on any atom is 0.180 e. The smallest absolute Gasteiger partial charge is 0.180 e. The van der Waals surface area contributed by atoms with Crippen molar-refractivity contribution in [3.05, 3.63) is 0 Å². The van der Waals surface area contributed by atoms with Crippen molar-refractivity contribution >= 4 is 8.69 Å². The Labute approximate surface area is 45.2 Å². The van der Waals surface area contributed by atoms with Crippen LogP contribution in [0.15, 0.2) is 0 Å². The van der Waals surface area contributed by atoms with Crippen molar-refractivity contribution in [1.29, 1.82) is 0 Å². The van der Waals surface area contributed by atoms with E-state index in [2.05, 4.69) is 0 Å². The van der Waals surface area contributed by atoms with Gasteiger partial charge in [-0.1, -0.05) is 6.92 Å². The van der Waals surface area contributed by atoms with Crippen molar-refractivity contribution in [2.45, 2.75) is 26.4 Å². The lowest BCUT2D eigenvalue weighted by atomic mass is 10.3. The zero-order chi connectivity index (χ0) is 5.70. The molecule has 0 heterocycles. The van der Waals surface area contributed by atoms with Crippen molar-refractivity contribution in [3.63, 3.8) is 0 Å². The Balaban J connectivity index is 2.98. The van der Waals surface area contributed by atoms with Crippen LogP contribution in [0.1, 0.15) is 20.3 Å². The van der Waals surface area contributed by atoms with Crippen LogP contribution in [-0.2, 0) is 9.09 Å². The monoisotopic (exact) mass is 122 g/mol. The van der Waals surface area contributed by atoms with Gasteiger partial charge < -0.3 is 4.52 Å². The summed E-state index contributed by atoms with van der Waals surface area (Å²) < 4.78 is 14.5. The molecular weight excluding hydrogens is 111 g/mol. The largest absolute Gasteiger partial charge is 0.329 e. The number of rotatable bonds is 3. The topological polar surface area (TPSA) is 26.3 Å². The summed E-state index contributed by atoms with van der Waals surface area (Å²) in [7, 11) is -1.000. The third kappa shape index (κ3) is 4.03. The Hall–Kier alpha value is 0.190. The van der Waals surface area contributed by atoms with Crippen LogP contribution in [0.2, 0.25) is 0 Å². The van der Waals surface area contributed by atoms with Gasteiger partial charge in [0, 0.05) is 0 Å². The second-order valence-corrected chi connectivity index (χ2v) is 1.92. The summed E-state index contributed by atoms with van der Waals surface area (Å²) >= 11 is 0. The van der Waals surface area contributed by atoms with Crippen LogP contribution in [0.4, 0.5) is 0 Å². The van der Waals surface area contributed by atoms with E-state index in [0.717, 1.165) is 6.42 Å². The fourth-order valence-electron chi connectivity index (χ4n) is 0.191. The first-order chi connectivity index (χ1) is 3.31. The van der Waals surface area contributed by atoms with Crippen LogP contribution in [0, 0.1) is 0 Å². The third-order valence-electron chi connectivity index (χ3n) is 0.863. The van der Waals surface area contributed by atoms with Gasteiger partial charge in [-0.05, 0) is 13.3 Å². The average Bonchev–Trinajstić information content (AvgIpc) is 1.68. The second-order valence-electron chi connectivity index (χ2n) is 1.45. The van der Waals surface area contributed by atoms with Gasteiger partial charge >= 0.3 is 0 Å². The molecule has 0 radical (unpaired) electrons. The zero-order valence-electron chi connectivity index (χ0n) is 4.68. The van der Waals surface area contributed by atoms with E-state index in [1.807, 2.05) is 13.8 Å². The van der Waals surface area contributed by atoms with Crippen LogP contribution in [0.5, 0.6) is 0 Å². The molecule has 3 heteroatoms. The molecule has 0 N–H and O–H groups in total. The molecule has 0 aliphatic heterocycles. The quantitative estimate of drug-likeness (QED) is 0.530. The Bertz CT molecular complexity index is 55.7. The van der Waals surface area contributed by atoms with Crippen molar-refractivity contribution in [3.8, 4) is 0 Å². The summed E-state index contributed by atoms with van der Waals surface area (Å²) in [6, 6.07) is 0. The van der Waals surface area contributed by atoms with Crippen LogP contribution in [0.3, 0.4) is 0 Å². The van der Waals surface area contributed by atoms with Crippen molar-refractivity contribution < 1.29 is 9.09 Å². The van der Waals surface area contributed by atoms with Gasteiger partial charge in [0.2, 0.25) is 0 Å². The first kappa shape index (κ1) is 7.19. The van der Waals surface area contributed by atoms with Gasteiger partial charge in [-0.25, -0.2) is 0 Å². The maximum atomic E-state index is 9.76. The first-order valence-corrected chi connectivity index (χ1v) is 3.34. The fourth-order valence-corrected chi connectivity index (χ4v) is 0.573. The highest BCUT2D eigenvalue weighted by molar-refractivity contribution is 7.17. The Morgan fingerprint density at radius 2 is 2.43 bits per heavy atom. The third-order valence-corrected chi connectivity index (χ3v) is 1.44. The van der Waals surface area contributed by atoms with E-state index >= 15 is 0 Å². The molecule has 0 amide bonds. The van der Waals surface area contributed by atoms with Gasteiger partial charge in [0.15, 0.2) is 8.69 Å². The highest BCUT2D eigenvalue weighted by Crippen LogP contribution is 2.03. The van der Waals surface area contributed by atoms with Crippen LogP contribution < -0.4 is 0 Å². The molecule has 0 bridgehead atoms. The molecule has 0 aliphatic carbocycles. The van der Waals surface area contributed by atoms with Crippen molar-refractivity contribution in [1.82, 2.24) is 0 Å². The molecule has 0 rings (SSSR count). The predicted octanol–water partition coefficient (Wildman–Crippen LogP) is 1.47. The second kappa shape index (κ2) is 4.35. The summed E-state index contributed by atoms with van der Waals surface area (Å²) in [5.74, 6) is 0. The molecule has 2 unspecified atom stereocenters. The molecule has 0 saturated heterocycles. The van der Waals surface area contributed by atoms with Crippen LogP contribution in [0.25, 0.3) is 0 Å². The summed E-state index contributed by atoms with van der Waals surface area (Å²) in [4.78, 5) is 0. The lowest BCUT2D eigenvalue weighted by Crippen LogP contribution is -1.96. The summed E-state index contributed by atoms with van der Waals surface area (Å²) in [6.07, 6.45) is 1.11. The summed E-state index contributed by atoms with van der Waals surface area (Å²) in [5, 5.41) is 0. The zero-order valence-corrected chi connectivity index (χ0v) is 5.83. The van der Waals surface area contributed by atoms with E-state index in [-0.39, 0.29) is 6.10 Å². The summed E-state index contributed by atoms with van der Waals surface area (Å²) in [6.45, 7) is 3.91. The van der Waals surface area contributed by atoms with Gasteiger partial charge in [0.1, 0.15) is 0 Å². The lowest BCUT2D eigenvalue weighted by Gasteiger charge is -2.00. The molecule has 0 aliphatic rings. The Morgan fingerprint density at radius 1 is 1.86 bits per heavy atom. The highest BCUT2D eigenvalue weighted by Gasteiger charge is 1.91. The van der Waals surface area contributed by atoms with E-state index in [0.29, 0.717) is 0 Å². The highest BCUT2D eigenvalue weighted by atomic mass is 31.1. The van der Waals surface area contributed by atoms with E-state index in [1.54, 1.807) is 0 Å². The van der Waals surface area contributed by atoms with E-state index in [1.165, 1.54) is 0 Å². The molecule has 2 atom stereocenters. The SMILES string of the molecule is CCC(C)O[PH2]=O. The van der Waals surface area contributed by atoms with Crippen LogP contribution in [-0.4, -0.2) is 6.10 Å². The lowest BCUT2D eigenvalue weighted by molar-refractivity contribution is 0.240. The van der Waals surface area contributed by atoms with Gasteiger partial charge in [-0.3, -0.25) is 4.57 Å². The molecule has 7 heavy (non-hydrogen) atoms. The first-order valence-electron chi connectivity index (χ1n) is 2.40. The normalized spacial score (nSPS) is 15.7. The van der Waals surface area contributed by atoms with Crippen molar-refractivity contribution in [2.75, 3.05) is 0 Å². The Morgan fingerprint density at radius 3 is 2.57 bits per heavy atom. The Kier molecular flexibility index (Phi) is 4.47.